The van der Waals surface area contributed by atoms with Gasteiger partial charge in [0.1, 0.15) is 5.75 Å². The second kappa shape index (κ2) is 7.82. The van der Waals surface area contributed by atoms with Crippen molar-refractivity contribution < 1.29 is 14.6 Å². The van der Waals surface area contributed by atoms with Crippen LogP contribution in [0.5, 0.6) is 5.75 Å². The van der Waals surface area contributed by atoms with Crippen molar-refractivity contribution in [2.24, 2.45) is 0 Å². The number of carbonyl (C=O) groups is 1. The van der Waals surface area contributed by atoms with Crippen LogP contribution in [-0.2, 0) is 11.2 Å². The van der Waals surface area contributed by atoms with Crippen molar-refractivity contribution in [1.29, 1.82) is 0 Å². The molecule has 0 fully saturated rings. The van der Waals surface area contributed by atoms with E-state index in [4.69, 9.17) is 21.4 Å². The first kappa shape index (κ1) is 16.3. The standard InChI is InChI=1S/C17H18ClNO3/c1-12(22-16-5-3-2-4-15(16)18)17(21)19-14-8-6-13(7-9-14)10-11-20/h2-9,12,20H,10-11H2,1H3,(H,19,21). The summed E-state index contributed by atoms with van der Waals surface area (Å²) in [6, 6.07) is 14.4. The molecule has 1 amide bonds. The number of carbonyl (C=O) groups excluding carboxylic acids is 1. The van der Waals surface area contributed by atoms with Gasteiger partial charge in [0.2, 0.25) is 0 Å². The van der Waals surface area contributed by atoms with Crippen molar-refractivity contribution in [2.45, 2.75) is 19.4 Å². The molecule has 0 aliphatic rings. The number of hydrogen-bond donors (Lipinski definition) is 2. The smallest absolute Gasteiger partial charge is 0.265 e. The van der Waals surface area contributed by atoms with Gasteiger partial charge in [0.15, 0.2) is 6.10 Å². The lowest BCUT2D eigenvalue weighted by atomic mass is 10.1. The molecule has 1 atom stereocenters. The number of halogens is 1. The highest BCUT2D eigenvalue weighted by Crippen LogP contribution is 2.24. The number of aliphatic hydroxyl groups excluding tert-OH is 1. The Hall–Kier alpha value is -2.04. The van der Waals surface area contributed by atoms with Crippen LogP contribution in [0.3, 0.4) is 0 Å². The number of nitrogens with one attached hydrogen (secondary N) is 1. The van der Waals surface area contributed by atoms with Gasteiger partial charge in [0, 0.05) is 12.3 Å². The lowest BCUT2D eigenvalue weighted by molar-refractivity contribution is -0.122. The zero-order chi connectivity index (χ0) is 15.9. The minimum atomic E-state index is -0.669. The van der Waals surface area contributed by atoms with Crippen LogP contribution in [0, 0.1) is 0 Å². The maximum Gasteiger partial charge on any atom is 0.265 e. The van der Waals surface area contributed by atoms with Crippen molar-refractivity contribution in [3.05, 3.63) is 59.1 Å². The van der Waals surface area contributed by atoms with Crippen molar-refractivity contribution in [3.8, 4) is 5.75 Å². The molecule has 4 nitrogen and oxygen atoms in total. The van der Waals surface area contributed by atoms with E-state index in [9.17, 15) is 4.79 Å². The Labute approximate surface area is 134 Å². The molecule has 0 radical (unpaired) electrons. The topological polar surface area (TPSA) is 58.6 Å². The first-order valence-corrected chi connectivity index (χ1v) is 7.40. The first-order valence-electron chi connectivity index (χ1n) is 7.02. The average molecular weight is 320 g/mol. The predicted octanol–water partition coefficient (Wildman–Crippen LogP) is 3.28. The van der Waals surface area contributed by atoms with Gasteiger partial charge in [0.05, 0.1) is 5.02 Å². The monoisotopic (exact) mass is 319 g/mol. The van der Waals surface area contributed by atoms with Gasteiger partial charge in [-0.15, -0.1) is 0 Å². The minimum Gasteiger partial charge on any atom is -0.479 e. The number of ether oxygens (including phenoxy) is 1. The third-order valence-corrected chi connectivity index (χ3v) is 3.44. The van der Waals surface area contributed by atoms with Crippen LogP contribution in [-0.4, -0.2) is 23.7 Å². The molecule has 5 heteroatoms. The quantitative estimate of drug-likeness (QED) is 0.859. The molecule has 2 N–H and O–H groups in total. The molecule has 2 rings (SSSR count). The van der Waals surface area contributed by atoms with Crippen molar-refractivity contribution >= 4 is 23.2 Å². The summed E-state index contributed by atoms with van der Waals surface area (Å²) in [4.78, 5) is 12.1. The molecule has 0 spiro atoms. The Bertz CT molecular complexity index is 628. The van der Waals surface area contributed by atoms with E-state index in [2.05, 4.69) is 5.32 Å². The van der Waals surface area contributed by atoms with Crippen LogP contribution < -0.4 is 10.1 Å². The Morgan fingerprint density at radius 1 is 1.23 bits per heavy atom. The van der Waals surface area contributed by atoms with Crippen LogP contribution >= 0.6 is 11.6 Å². The summed E-state index contributed by atoms with van der Waals surface area (Å²) in [6.07, 6.45) is -0.0720. The lowest BCUT2D eigenvalue weighted by Gasteiger charge is -2.15. The summed E-state index contributed by atoms with van der Waals surface area (Å²) < 4.78 is 5.56. The molecule has 116 valence electrons. The molecule has 0 heterocycles. The fourth-order valence-corrected chi connectivity index (χ4v) is 2.09. The maximum absolute atomic E-state index is 12.1. The van der Waals surface area contributed by atoms with Crippen LogP contribution in [0.4, 0.5) is 5.69 Å². The molecule has 2 aromatic rings. The zero-order valence-corrected chi connectivity index (χ0v) is 13.0. The third kappa shape index (κ3) is 4.48. The Balaban J connectivity index is 1.95. The van der Waals surface area contributed by atoms with Gasteiger partial charge in [0.25, 0.3) is 5.91 Å². The van der Waals surface area contributed by atoms with E-state index in [1.54, 1.807) is 43.3 Å². The van der Waals surface area contributed by atoms with Gasteiger partial charge < -0.3 is 15.2 Å². The molecule has 0 aromatic heterocycles. The molecule has 1 unspecified atom stereocenters. The first-order chi connectivity index (χ1) is 10.6. The second-order valence-corrected chi connectivity index (χ2v) is 5.26. The van der Waals surface area contributed by atoms with Crippen LogP contribution in [0.25, 0.3) is 0 Å². The highest BCUT2D eigenvalue weighted by molar-refractivity contribution is 6.32. The summed E-state index contributed by atoms with van der Waals surface area (Å²) in [6.45, 7) is 1.77. The van der Waals surface area contributed by atoms with Gasteiger partial charge >= 0.3 is 0 Å². The van der Waals surface area contributed by atoms with Crippen molar-refractivity contribution in [2.75, 3.05) is 11.9 Å². The number of benzene rings is 2. The molecule has 0 bridgehead atoms. The fraction of sp³-hybridized carbons (Fsp3) is 0.235. The third-order valence-electron chi connectivity index (χ3n) is 3.13. The van der Waals surface area contributed by atoms with Crippen LogP contribution in [0.15, 0.2) is 48.5 Å². The van der Waals surface area contributed by atoms with E-state index in [1.807, 2.05) is 12.1 Å². The van der Waals surface area contributed by atoms with E-state index < -0.39 is 6.10 Å². The highest BCUT2D eigenvalue weighted by atomic mass is 35.5. The molecular formula is C17H18ClNO3. The van der Waals surface area contributed by atoms with E-state index >= 15 is 0 Å². The van der Waals surface area contributed by atoms with Crippen LogP contribution in [0.1, 0.15) is 12.5 Å². The normalized spacial score (nSPS) is 11.8. The molecule has 0 aliphatic heterocycles. The molecule has 0 saturated heterocycles. The van der Waals surface area contributed by atoms with Crippen molar-refractivity contribution in [1.82, 2.24) is 0 Å². The molecule has 0 aliphatic carbocycles. The Kier molecular flexibility index (Phi) is 5.81. The lowest BCUT2D eigenvalue weighted by Crippen LogP contribution is -2.30. The Morgan fingerprint density at radius 2 is 1.91 bits per heavy atom. The van der Waals surface area contributed by atoms with Gasteiger partial charge in [-0.25, -0.2) is 0 Å². The van der Waals surface area contributed by atoms with Crippen LogP contribution in [0.2, 0.25) is 5.02 Å². The highest BCUT2D eigenvalue weighted by Gasteiger charge is 2.16. The number of anilines is 1. The number of hydrogen-bond acceptors (Lipinski definition) is 3. The molecule has 2 aromatic carbocycles. The molecular weight excluding hydrogens is 302 g/mol. The average Bonchev–Trinajstić information content (AvgIpc) is 2.51. The second-order valence-electron chi connectivity index (χ2n) is 4.85. The summed E-state index contributed by atoms with van der Waals surface area (Å²) in [5.74, 6) is 0.222. The zero-order valence-electron chi connectivity index (χ0n) is 12.3. The van der Waals surface area contributed by atoms with Crippen molar-refractivity contribution in [3.63, 3.8) is 0 Å². The molecule has 0 saturated carbocycles. The number of amides is 1. The number of rotatable bonds is 6. The number of aliphatic hydroxyl groups is 1. The fourth-order valence-electron chi connectivity index (χ4n) is 1.91. The Morgan fingerprint density at radius 3 is 2.55 bits per heavy atom. The van der Waals surface area contributed by atoms with Gasteiger partial charge in [-0.05, 0) is 43.2 Å². The van der Waals surface area contributed by atoms with E-state index in [1.165, 1.54) is 0 Å². The van der Waals surface area contributed by atoms with Gasteiger partial charge in [-0.2, -0.15) is 0 Å². The van der Waals surface area contributed by atoms with E-state index in [0.29, 0.717) is 22.9 Å². The van der Waals surface area contributed by atoms with E-state index in [0.717, 1.165) is 5.56 Å². The minimum absolute atomic E-state index is 0.106. The SMILES string of the molecule is CC(Oc1ccccc1Cl)C(=O)Nc1ccc(CCO)cc1. The summed E-state index contributed by atoms with van der Waals surface area (Å²) >= 11 is 6.00. The maximum atomic E-state index is 12.1. The van der Waals surface area contributed by atoms with Gasteiger partial charge in [-0.3, -0.25) is 4.79 Å². The van der Waals surface area contributed by atoms with E-state index in [-0.39, 0.29) is 12.5 Å². The largest absolute Gasteiger partial charge is 0.479 e. The predicted molar refractivity (Wildman–Crippen MR) is 87.4 cm³/mol. The summed E-state index contributed by atoms with van der Waals surface area (Å²) in [5.41, 5.74) is 1.70. The molecule has 22 heavy (non-hydrogen) atoms. The van der Waals surface area contributed by atoms with Gasteiger partial charge in [-0.1, -0.05) is 35.9 Å². The summed E-state index contributed by atoms with van der Waals surface area (Å²) in [5, 5.41) is 12.1. The number of para-hydroxylation sites is 1. The summed E-state index contributed by atoms with van der Waals surface area (Å²) in [7, 11) is 0.